The van der Waals surface area contributed by atoms with Crippen LogP contribution in [0.25, 0.3) is 0 Å². The summed E-state index contributed by atoms with van der Waals surface area (Å²) >= 11 is 1.33. The Labute approximate surface area is 54.2 Å². The molecule has 0 aromatic rings. The zero-order valence-corrected chi connectivity index (χ0v) is 6.17. The average molecular weight is 137 g/mol. The number of halogens is 1. The maximum Gasteiger partial charge on any atom is 0.135 e. The molecule has 0 heterocycles. The van der Waals surface area contributed by atoms with Gasteiger partial charge in [-0.25, -0.2) is 4.39 Å². The lowest BCUT2D eigenvalue weighted by atomic mass is 10.7. The van der Waals surface area contributed by atoms with Crippen molar-refractivity contribution in [3.05, 3.63) is 0 Å². The molecule has 0 aliphatic carbocycles. The van der Waals surface area contributed by atoms with E-state index in [4.69, 9.17) is 0 Å². The molecule has 0 N–H and O–H groups in total. The fourth-order valence-electron chi connectivity index (χ4n) is 0.302. The van der Waals surface area contributed by atoms with Crippen LogP contribution in [0, 0.1) is 0 Å². The van der Waals surface area contributed by atoms with E-state index in [1.54, 1.807) is 0 Å². The summed E-state index contributed by atoms with van der Waals surface area (Å²) in [5.41, 5.74) is 0. The van der Waals surface area contributed by atoms with Gasteiger partial charge in [0.15, 0.2) is 0 Å². The van der Waals surface area contributed by atoms with Gasteiger partial charge in [0.2, 0.25) is 0 Å². The van der Waals surface area contributed by atoms with E-state index in [0.717, 1.165) is 12.3 Å². The normalized spacial score (nSPS) is 10.5. The van der Waals surface area contributed by atoms with E-state index in [1.165, 1.54) is 11.8 Å². The van der Waals surface area contributed by atoms with E-state index in [0.29, 0.717) is 0 Å². The van der Waals surface area contributed by atoms with Gasteiger partial charge in [-0.3, -0.25) is 0 Å². The Kier molecular flexibility index (Phi) is 5.54. The molecule has 1 nitrogen and oxygen atoms in total. The molecule has 0 bridgehead atoms. The molecule has 0 aliphatic heterocycles. The van der Waals surface area contributed by atoms with Gasteiger partial charge < -0.3 is 4.90 Å². The third kappa shape index (κ3) is 6.24. The smallest absolute Gasteiger partial charge is 0.135 e. The number of hydrogen-bond donors (Lipinski definition) is 0. The van der Waals surface area contributed by atoms with Gasteiger partial charge in [0.05, 0.1) is 0 Å². The summed E-state index contributed by atoms with van der Waals surface area (Å²) in [5.74, 6) is 0.892. The first kappa shape index (κ1) is 8.24. The maximum atomic E-state index is 11.4. The Morgan fingerprint density at radius 1 is 1.50 bits per heavy atom. The molecule has 3 heteroatoms. The summed E-state index contributed by atoms with van der Waals surface area (Å²) in [6, 6.07) is -0.256. The summed E-state index contributed by atoms with van der Waals surface area (Å²) in [7, 11) is 3.97. The van der Waals surface area contributed by atoms with Crippen molar-refractivity contribution in [1.29, 1.82) is 0 Å². The van der Waals surface area contributed by atoms with Gasteiger partial charge >= 0.3 is 0 Å². The standard InChI is InChI=1S/C5H12FNS/c1-7(2)3-4-8-5-6/h3-5H2,1-2H3. The molecule has 0 aromatic heterocycles. The van der Waals surface area contributed by atoms with Crippen LogP contribution in [0.1, 0.15) is 0 Å². The minimum Gasteiger partial charge on any atom is -0.309 e. The van der Waals surface area contributed by atoms with E-state index >= 15 is 0 Å². The van der Waals surface area contributed by atoms with Crippen LogP contribution in [0.15, 0.2) is 0 Å². The Morgan fingerprint density at radius 3 is 2.50 bits per heavy atom. The fourth-order valence-corrected chi connectivity index (χ4v) is 0.905. The van der Waals surface area contributed by atoms with E-state index in [1.807, 2.05) is 19.0 Å². The molecule has 50 valence electrons. The Balaban J connectivity index is 2.72. The summed E-state index contributed by atoms with van der Waals surface area (Å²) in [6.45, 7) is 0.967. The number of nitrogens with zero attached hydrogens (tertiary/aromatic N) is 1. The highest BCUT2D eigenvalue weighted by molar-refractivity contribution is 7.99. The minimum absolute atomic E-state index is 0.256. The second-order valence-corrected chi connectivity index (χ2v) is 2.86. The predicted octanol–water partition coefficient (Wildman–Crippen LogP) is 1.21. The lowest BCUT2D eigenvalue weighted by molar-refractivity contribution is 0.437. The Hall–Kier alpha value is 0.240. The molecule has 0 saturated heterocycles. The summed E-state index contributed by atoms with van der Waals surface area (Å²) < 4.78 is 11.4. The van der Waals surface area contributed by atoms with Gasteiger partial charge in [0, 0.05) is 12.3 Å². The lowest BCUT2D eigenvalue weighted by Crippen LogP contribution is -2.14. The van der Waals surface area contributed by atoms with Crippen molar-refractivity contribution in [2.24, 2.45) is 0 Å². The largest absolute Gasteiger partial charge is 0.309 e. The highest BCUT2D eigenvalue weighted by Crippen LogP contribution is 1.98. The van der Waals surface area contributed by atoms with Crippen molar-refractivity contribution in [2.45, 2.75) is 0 Å². The van der Waals surface area contributed by atoms with Gasteiger partial charge in [-0.05, 0) is 14.1 Å². The zero-order valence-electron chi connectivity index (χ0n) is 5.35. The molecule has 0 rings (SSSR count). The summed E-state index contributed by atoms with van der Waals surface area (Å²) in [4.78, 5) is 2.04. The van der Waals surface area contributed by atoms with Crippen LogP contribution in [-0.4, -0.2) is 37.3 Å². The number of hydrogen-bond acceptors (Lipinski definition) is 2. The van der Waals surface area contributed by atoms with E-state index < -0.39 is 0 Å². The lowest BCUT2D eigenvalue weighted by Gasteiger charge is -2.06. The molecule has 0 fully saturated rings. The van der Waals surface area contributed by atoms with Gasteiger partial charge in [-0.2, -0.15) is 0 Å². The number of rotatable bonds is 4. The second-order valence-electron chi connectivity index (χ2n) is 1.82. The molecule has 0 spiro atoms. The SMILES string of the molecule is CN(C)CCSCF. The molecule has 0 radical (unpaired) electrons. The average Bonchev–Trinajstić information content (AvgIpc) is 1.66. The van der Waals surface area contributed by atoms with E-state index in [2.05, 4.69) is 0 Å². The van der Waals surface area contributed by atoms with E-state index in [9.17, 15) is 4.39 Å². The summed E-state index contributed by atoms with van der Waals surface area (Å²) in [6.07, 6.45) is 0. The van der Waals surface area contributed by atoms with Crippen LogP contribution < -0.4 is 0 Å². The van der Waals surface area contributed by atoms with Crippen LogP contribution in [0.3, 0.4) is 0 Å². The number of thioether (sulfide) groups is 1. The van der Waals surface area contributed by atoms with Crippen LogP contribution in [0.4, 0.5) is 4.39 Å². The molecule has 0 amide bonds. The van der Waals surface area contributed by atoms with Gasteiger partial charge in [-0.1, -0.05) is 0 Å². The van der Waals surface area contributed by atoms with Crippen molar-refractivity contribution in [1.82, 2.24) is 4.90 Å². The molecule has 8 heavy (non-hydrogen) atoms. The quantitative estimate of drug-likeness (QED) is 0.536. The second kappa shape index (κ2) is 5.38. The first-order valence-corrected chi connectivity index (χ1v) is 3.71. The van der Waals surface area contributed by atoms with Crippen molar-refractivity contribution in [3.63, 3.8) is 0 Å². The Morgan fingerprint density at radius 2 is 2.12 bits per heavy atom. The van der Waals surface area contributed by atoms with E-state index in [-0.39, 0.29) is 6.01 Å². The Bertz CT molecular complexity index is 49.7. The molecular weight excluding hydrogens is 125 g/mol. The van der Waals surface area contributed by atoms with Gasteiger partial charge in [0.1, 0.15) is 6.01 Å². The molecule has 0 aromatic carbocycles. The minimum atomic E-state index is -0.256. The first-order valence-electron chi connectivity index (χ1n) is 2.56. The highest BCUT2D eigenvalue weighted by atomic mass is 32.2. The molecule has 0 aliphatic rings. The molecule has 0 unspecified atom stereocenters. The molecule has 0 saturated carbocycles. The predicted molar refractivity (Wildman–Crippen MR) is 37.0 cm³/mol. The van der Waals surface area contributed by atoms with Crippen LogP contribution >= 0.6 is 11.8 Å². The topological polar surface area (TPSA) is 3.24 Å². The van der Waals surface area contributed by atoms with Crippen LogP contribution in [0.2, 0.25) is 0 Å². The third-order valence-electron chi connectivity index (χ3n) is 0.760. The monoisotopic (exact) mass is 137 g/mol. The summed E-state index contributed by atoms with van der Waals surface area (Å²) in [5, 5.41) is 0. The van der Waals surface area contributed by atoms with Crippen molar-refractivity contribution >= 4 is 11.8 Å². The van der Waals surface area contributed by atoms with Crippen LogP contribution in [-0.2, 0) is 0 Å². The first-order chi connectivity index (χ1) is 3.77. The highest BCUT2D eigenvalue weighted by Gasteiger charge is 1.87. The van der Waals surface area contributed by atoms with Crippen molar-refractivity contribution in [2.75, 3.05) is 32.4 Å². The molecule has 0 atom stereocenters. The van der Waals surface area contributed by atoms with Crippen molar-refractivity contribution in [3.8, 4) is 0 Å². The zero-order chi connectivity index (χ0) is 6.41. The van der Waals surface area contributed by atoms with Gasteiger partial charge in [-0.15, -0.1) is 11.8 Å². The van der Waals surface area contributed by atoms with Crippen LogP contribution in [0.5, 0.6) is 0 Å². The van der Waals surface area contributed by atoms with Gasteiger partial charge in [0.25, 0.3) is 0 Å². The number of alkyl halides is 1. The third-order valence-corrected chi connectivity index (χ3v) is 1.39. The maximum absolute atomic E-state index is 11.4. The fraction of sp³-hybridized carbons (Fsp3) is 1.00. The molecular formula is C5H12FNS. The van der Waals surface area contributed by atoms with Crippen molar-refractivity contribution < 1.29 is 4.39 Å².